The summed E-state index contributed by atoms with van der Waals surface area (Å²) in [5, 5.41) is 12.1. The second-order valence-corrected chi connectivity index (χ2v) is 7.66. The maximum atomic E-state index is 13.0. The van der Waals surface area contributed by atoms with Gasteiger partial charge in [0.1, 0.15) is 5.82 Å². The third-order valence-electron chi connectivity index (χ3n) is 3.45. The second-order valence-electron chi connectivity index (χ2n) is 5.57. The van der Waals surface area contributed by atoms with E-state index in [1.54, 1.807) is 0 Å². The van der Waals surface area contributed by atoms with Crippen molar-refractivity contribution in [1.29, 1.82) is 0 Å². The lowest BCUT2D eigenvalue weighted by atomic mass is 10.2. The molecule has 0 fully saturated rings. The molecule has 2 aromatic carbocycles. The predicted molar refractivity (Wildman–Crippen MR) is 98.9 cm³/mol. The van der Waals surface area contributed by atoms with Gasteiger partial charge < -0.3 is 15.2 Å². The average molecular weight is 417 g/mol. The number of carbonyl (C=O) groups excluding carboxylic acids is 1. The van der Waals surface area contributed by atoms with Crippen molar-refractivity contribution in [1.82, 2.24) is 5.32 Å². The van der Waals surface area contributed by atoms with Crippen molar-refractivity contribution in [2.75, 3.05) is 25.0 Å². The number of ether oxygens (including phenoxy) is 1. The number of aliphatic hydroxyl groups excluding tert-OH is 1. The summed E-state index contributed by atoms with van der Waals surface area (Å²) in [6, 6.07) is 8.30. The lowest BCUT2D eigenvalue weighted by Gasteiger charge is -2.13. The van der Waals surface area contributed by atoms with E-state index in [9.17, 15) is 22.7 Å². The number of nitrogens with one attached hydrogen (secondary N) is 2. The van der Waals surface area contributed by atoms with Crippen LogP contribution in [-0.4, -0.2) is 45.8 Å². The maximum Gasteiger partial charge on any atom is 0.261 e. The number of anilines is 1. The fourth-order valence-electron chi connectivity index (χ4n) is 2.13. The Labute approximate surface area is 161 Å². The molecule has 0 saturated heterocycles. The molecular weight excluding hydrogens is 399 g/mol. The number of rotatable bonds is 8. The summed E-state index contributed by atoms with van der Waals surface area (Å²) in [6.45, 7) is 0.0234. The molecule has 2 rings (SSSR count). The summed E-state index contributed by atoms with van der Waals surface area (Å²) >= 11 is 6.01. The number of aliphatic hydroxyl groups is 1. The van der Waals surface area contributed by atoms with E-state index in [2.05, 4.69) is 10.0 Å². The van der Waals surface area contributed by atoms with Crippen LogP contribution in [0.5, 0.6) is 0 Å². The van der Waals surface area contributed by atoms with Crippen LogP contribution in [-0.2, 0) is 14.8 Å². The Morgan fingerprint density at radius 3 is 2.56 bits per heavy atom. The summed E-state index contributed by atoms with van der Waals surface area (Å²) in [4.78, 5) is 12.0. The molecule has 7 nitrogen and oxygen atoms in total. The summed E-state index contributed by atoms with van der Waals surface area (Å²) in [5.41, 5.74) is 0.131. The number of sulfonamides is 1. The van der Waals surface area contributed by atoms with Crippen LogP contribution >= 0.6 is 11.6 Å². The lowest BCUT2D eigenvalue weighted by Crippen LogP contribution is -2.34. The number of hydrogen-bond acceptors (Lipinski definition) is 5. The van der Waals surface area contributed by atoms with Gasteiger partial charge in [-0.15, -0.1) is 0 Å². The Morgan fingerprint density at radius 2 is 1.93 bits per heavy atom. The van der Waals surface area contributed by atoms with Gasteiger partial charge in [-0.3, -0.25) is 9.52 Å². The Bertz CT molecular complexity index is 906. The molecule has 146 valence electrons. The predicted octanol–water partition coefficient (Wildman–Crippen LogP) is 2.02. The van der Waals surface area contributed by atoms with Crippen LogP contribution < -0.4 is 10.0 Å². The third-order valence-corrected chi connectivity index (χ3v) is 5.17. The van der Waals surface area contributed by atoms with Gasteiger partial charge in [0, 0.05) is 19.2 Å². The highest BCUT2D eigenvalue weighted by atomic mass is 35.5. The molecule has 0 saturated carbocycles. The molecule has 0 aliphatic heterocycles. The fourth-order valence-corrected chi connectivity index (χ4v) is 3.42. The van der Waals surface area contributed by atoms with Crippen LogP contribution in [0.1, 0.15) is 10.4 Å². The Morgan fingerprint density at radius 1 is 1.26 bits per heavy atom. The van der Waals surface area contributed by atoms with Crippen LogP contribution in [0.15, 0.2) is 47.4 Å². The number of benzene rings is 2. The monoisotopic (exact) mass is 416 g/mol. The van der Waals surface area contributed by atoms with E-state index in [1.807, 2.05) is 0 Å². The molecular formula is C17H18ClFN2O5S. The van der Waals surface area contributed by atoms with Gasteiger partial charge in [0.2, 0.25) is 0 Å². The number of methoxy groups -OCH3 is 1. The van der Waals surface area contributed by atoms with E-state index < -0.39 is 27.9 Å². The molecule has 10 heteroatoms. The summed E-state index contributed by atoms with van der Waals surface area (Å²) in [6.07, 6.45) is -0.873. The second kappa shape index (κ2) is 9.14. The molecule has 0 radical (unpaired) electrons. The molecule has 1 atom stereocenters. The van der Waals surface area contributed by atoms with Crippen molar-refractivity contribution in [3.8, 4) is 0 Å². The zero-order valence-corrected chi connectivity index (χ0v) is 15.8. The van der Waals surface area contributed by atoms with E-state index in [4.69, 9.17) is 16.3 Å². The molecule has 1 amide bonds. The first-order valence-corrected chi connectivity index (χ1v) is 9.62. The quantitative estimate of drug-likeness (QED) is 0.610. The van der Waals surface area contributed by atoms with Crippen LogP contribution in [0, 0.1) is 5.82 Å². The maximum absolute atomic E-state index is 13.0. The smallest absolute Gasteiger partial charge is 0.261 e. The van der Waals surface area contributed by atoms with Crippen LogP contribution in [0.25, 0.3) is 0 Å². The van der Waals surface area contributed by atoms with Gasteiger partial charge in [-0.05, 0) is 42.5 Å². The molecule has 27 heavy (non-hydrogen) atoms. The van der Waals surface area contributed by atoms with E-state index in [-0.39, 0.29) is 34.3 Å². The highest BCUT2D eigenvalue weighted by Gasteiger charge is 2.18. The first-order valence-electron chi connectivity index (χ1n) is 7.76. The van der Waals surface area contributed by atoms with Crippen molar-refractivity contribution in [2.45, 2.75) is 11.0 Å². The summed E-state index contributed by atoms with van der Waals surface area (Å²) in [5.74, 6) is -1.09. The standard InChI is InChI=1S/C17H18ClFN2O5S/c1-26-10-13(22)9-20-17(23)11-2-7-15(18)16(8-11)21-27(24,25)14-5-3-12(19)4-6-14/h2-8,13,21-22H,9-10H2,1H3,(H,20,23)/t13-/m0/s1. The normalized spacial score (nSPS) is 12.4. The van der Waals surface area contributed by atoms with E-state index in [1.165, 1.54) is 25.3 Å². The van der Waals surface area contributed by atoms with Crippen LogP contribution in [0.2, 0.25) is 5.02 Å². The summed E-state index contributed by atoms with van der Waals surface area (Å²) in [7, 11) is -2.60. The van der Waals surface area contributed by atoms with Gasteiger partial charge in [0.05, 0.1) is 28.3 Å². The minimum atomic E-state index is -4.02. The third kappa shape index (κ3) is 5.90. The fraction of sp³-hybridized carbons (Fsp3) is 0.235. The van der Waals surface area contributed by atoms with Crippen molar-refractivity contribution in [3.05, 3.63) is 58.9 Å². The molecule has 0 bridgehead atoms. The zero-order chi connectivity index (χ0) is 20.0. The SMILES string of the molecule is COC[C@@H](O)CNC(=O)c1ccc(Cl)c(NS(=O)(=O)c2ccc(F)cc2)c1. The molecule has 3 N–H and O–H groups in total. The van der Waals surface area contributed by atoms with Gasteiger partial charge in [-0.25, -0.2) is 12.8 Å². The Balaban J connectivity index is 2.17. The van der Waals surface area contributed by atoms with Crippen molar-refractivity contribution in [2.24, 2.45) is 0 Å². The lowest BCUT2D eigenvalue weighted by molar-refractivity contribution is 0.0610. The van der Waals surface area contributed by atoms with Crippen LogP contribution in [0.4, 0.5) is 10.1 Å². The van der Waals surface area contributed by atoms with Crippen molar-refractivity contribution >= 4 is 33.2 Å². The largest absolute Gasteiger partial charge is 0.389 e. The Kier molecular flexibility index (Phi) is 7.14. The van der Waals surface area contributed by atoms with Crippen molar-refractivity contribution in [3.63, 3.8) is 0 Å². The first-order chi connectivity index (χ1) is 12.7. The number of carbonyl (C=O) groups is 1. The number of hydrogen-bond donors (Lipinski definition) is 3. The minimum Gasteiger partial charge on any atom is -0.389 e. The topological polar surface area (TPSA) is 105 Å². The minimum absolute atomic E-state index is 0.00826. The van der Waals surface area contributed by atoms with E-state index >= 15 is 0 Å². The zero-order valence-electron chi connectivity index (χ0n) is 14.3. The van der Waals surface area contributed by atoms with Gasteiger partial charge >= 0.3 is 0 Å². The molecule has 0 heterocycles. The molecule has 0 unspecified atom stereocenters. The van der Waals surface area contributed by atoms with Gasteiger partial charge in [0.15, 0.2) is 0 Å². The van der Waals surface area contributed by atoms with Gasteiger partial charge in [-0.2, -0.15) is 0 Å². The highest BCUT2D eigenvalue weighted by Crippen LogP contribution is 2.26. The average Bonchev–Trinajstić information content (AvgIpc) is 2.62. The van der Waals surface area contributed by atoms with E-state index in [0.717, 1.165) is 24.3 Å². The molecule has 0 aliphatic carbocycles. The number of halogens is 2. The molecule has 0 spiro atoms. The molecule has 2 aromatic rings. The Hall–Kier alpha value is -2.20. The first kappa shape index (κ1) is 21.1. The van der Waals surface area contributed by atoms with E-state index in [0.29, 0.717) is 0 Å². The van der Waals surface area contributed by atoms with Crippen LogP contribution in [0.3, 0.4) is 0 Å². The van der Waals surface area contributed by atoms with Gasteiger partial charge in [-0.1, -0.05) is 11.6 Å². The highest BCUT2D eigenvalue weighted by molar-refractivity contribution is 7.92. The molecule has 0 aromatic heterocycles. The number of amides is 1. The van der Waals surface area contributed by atoms with Crippen molar-refractivity contribution < 1.29 is 27.4 Å². The van der Waals surface area contributed by atoms with Gasteiger partial charge in [0.25, 0.3) is 15.9 Å². The summed E-state index contributed by atoms with van der Waals surface area (Å²) < 4.78 is 44.8. The molecule has 0 aliphatic rings.